The van der Waals surface area contributed by atoms with E-state index in [-0.39, 0.29) is 5.82 Å². The van der Waals surface area contributed by atoms with E-state index in [1.54, 1.807) is 13.0 Å². The Hall–Kier alpha value is -2.70. The number of hydrogen-bond donors (Lipinski definition) is 2. The van der Waals surface area contributed by atoms with Gasteiger partial charge in [0.1, 0.15) is 11.6 Å². The highest BCUT2D eigenvalue weighted by molar-refractivity contribution is 5.89. The van der Waals surface area contributed by atoms with Gasteiger partial charge in [-0.2, -0.15) is 0 Å². The van der Waals surface area contributed by atoms with E-state index in [9.17, 15) is 4.39 Å². The Morgan fingerprint density at radius 2 is 1.91 bits per heavy atom. The molecule has 0 amide bonds. The number of benzene rings is 2. The van der Waals surface area contributed by atoms with Crippen molar-refractivity contribution in [1.29, 1.82) is 0 Å². The summed E-state index contributed by atoms with van der Waals surface area (Å²) in [5.41, 5.74) is 5.64. The third-order valence-corrected chi connectivity index (χ3v) is 7.74. The van der Waals surface area contributed by atoms with Crippen LogP contribution in [-0.2, 0) is 0 Å². The number of aromatic nitrogens is 3. The highest BCUT2D eigenvalue weighted by Crippen LogP contribution is 2.34. The molecule has 5 nitrogen and oxygen atoms in total. The van der Waals surface area contributed by atoms with Crippen LogP contribution in [0.1, 0.15) is 49.3 Å². The molecule has 0 bridgehead atoms. The number of H-pyrrole nitrogens is 2. The zero-order valence-electron chi connectivity index (χ0n) is 20.8. The Morgan fingerprint density at radius 1 is 1.15 bits per heavy atom. The number of aryl methyl sites for hydroxylation is 1. The second-order valence-electron chi connectivity index (χ2n) is 10.3. The lowest BCUT2D eigenvalue weighted by Crippen LogP contribution is -2.30. The first-order valence-electron chi connectivity index (χ1n) is 12.5. The van der Waals surface area contributed by atoms with Crippen molar-refractivity contribution in [1.82, 2.24) is 24.8 Å². The van der Waals surface area contributed by atoms with E-state index < -0.39 is 0 Å². The van der Waals surface area contributed by atoms with Gasteiger partial charge in [-0.25, -0.2) is 9.37 Å². The molecule has 34 heavy (non-hydrogen) atoms. The molecule has 1 fully saturated rings. The van der Waals surface area contributed by atoms with Gasteiger partial charge in [0.15, 0.2) is 0 Å². The molecule has 2 aromatic heterocycles. The maximum atomic E-state index is 14.0. The third-order valence-electron chi connectivity index (χ3n) is 7.74. The van der Waals surface area contributed by atoms with Gasteiger partial charge >= 0.3 is 0 Å². The SMILES string of the molecule is Cc1c(F)ccc2[nH]c(-c3ccc4[nH]cc(C(CCCC5CCN(C)CC5)N(C)C)c4c3)nc12. The molecule has 0 aliphatic carbocycles. The summed E-state index contributed by atoms with van der Waals surface area (Å²) in [6.07, 6.45) is 8.56. The number of imidazole rings is 1. The number of piperidine rings is 1. The Kier molecular flexibility index (Phi) is 6.45. The van der Waals surface area contributed by atoms with Crippen molar-refractivity contribution < 1.29 is 4.39 Å². The van der Waals surface area contributed by atoms with Crippen LogP contribution in [0.25, 0.3) is 33.3 Å². The third kappa shape index (κ3) is 4.49. The molecule has 1 atom stereocenters. The van der Waals surface area contributed by atoms with Crippen LogP contribution in [0.3, 0.4) is 0 Å². The summed E-state index contributed by atoms with van der Waals surface area (Å²) in [5.74, 6) is 1.43. The average Bonchev–Trinajstić information content (AvgIpc) is 3.45. The van der Waals surface area contributed by atoms with Crippen molar-refractivity contribution in [3.63, 3.8) is 0 Å². The number of nitrogens with zero attached hydrogens (tertiary/aromatic N) is 3. The highest BCUT2D eigenvalue weighted by Gasteiger charge is 2.21. The molecular weight excluding hydrogens is 425 g/mol. The van der Waals surface area contributed by atoms with Gasteiger partial charge in [-0.1, -0.05) is 12.8 Å². The van der Waals surface area contributed by atoms with Gasteiger partial charge in [0.2, 0.25) is 0 Å². The molecule has 1 aliphatic rings. The molecular formula is C28H36FN5. The maximum Gasteiger partial charge on any atom is 0.138 e. The second kappa shape index (κ2) is 9.51. The van der Waals surface area contributed by atoms with Gasteiger partial charge in [-0.05, 0) is 102 Å². The summed E-state index contributed by atoms with van der Waals surface area (Å²) in [6, 6.07) is 10.1. The predicted octanol–water partition coefficient (Wildman–Crippen LogP) is 6.27. The molecule has 0 saturated carbocycles. The molecule has 0 spiro atoms. The molecule has 1 unspecified atom stereocenters. The van der Waals surface area contributed by atoms with E-state index in [1.807, 2.05) is 0 Å². The summed E-state index contributed by atoms with van der Waals surface area (Å²) < 4.78 is 14.0. The minimum Gasteiger partial charge on any atom is -0.361 e. The lowest BCUT2D eigenvalue weighted by molar-refractivity contribution is 0.203. The van der Waals surface area contributed by atoms with Crippen LogP contribution in [0.2, 0.25) is 0 Å². The lowest BCUT2D eigenvalue weighted by atomic mass is 9.89. The summed E-state index contributed by atoms with van der Waals surface area (Å²) in [4.78, 5) is 16.4. The summed E-state index contributed by atoms with van der Waals surface area (Å²) in [6.45, 7) is 4.25. The quantitative estimate of drug-likeness (QED) is 0.341. The van der Waals surface area contributed by atoms with Crippen LogP contribution in [0.4, 0.5) is 4.39 Å². The van der Waals surface area contributed by atoms with Crippen LogP contribution in [0.15, 0.2) is 36.5 Å². The smallest absolute Gasteiger partial charge is 0.138 e. The van der Waals surface area contributed by atoms with E-state index in [0.717, 1.165) is 34.8 Å². The standard InChI is InChI=1S/C28H36FN5/c1-18-23(29)9-11-25-27(18)32-28(31-25)20-8-10-24-21(16-20)22(17-30-24)26(33(2)3)7-5-6-19-12-14-34(4)15-13-19/h8-11,16-17,19,26,30H,5-7,12-15H2,1-4H3,(H,31,32). The second-order valence-corrected chi connectivity index (χ2v) is 10.3. The molecule has 1 aliphatic heterocycles. The van der Waals surface area contributed by atoms with E-state index >= 15 is 0 Å². The Morgan fingerprint density at radius 3 is 2.68 bits per heavy atom. The first kappa shape index (κ1) is 23.1. The highest BCUT2D eigenvalue weighted by atomic mass is 19.1. The van der Waals surface area contributed by atoms with Crippen molar-refractivity contribution in [3.05, 3.63) is 53.5 Å². The fourth-order valence-corrected chi connectivity index (χ4v) is 5.53. The normalized spacial score (nSPS) is 16.8. The molecule has 6 heteroatoms. The number of fused-ring (bicyclic) bond motifs is 2. The first-order chi connectivity index (χ1) is 16.4. The summed E-state index contributed by atoms with van der Waals surface area (Å²) >= 11 is 0. The first-order valence-corrected chi connectivity index (χ1v) is 12.5. The predicted molar refractivity (Wildman–Crippen MR) is 139 cm³/mol. The zero-order valence-corrected chi connectivity index (χ0v) is 20.8. The Labute approximate surface area is 201 Å². The maximum absolute atomic E-state index is 14.0. The molecule has 0 radical (unpaired) electrons. The van der Waals surface area contributed by atoms with Gasteiger partial charge < -0.3 is 19.8 Å². The molecule has 4 aromatic rings. The number of nitrogens with one attached hydrogen (secondary N) is 2. The molecule has 2 N–H and O–H groups in total. The largest absolute Gasteiger partial charge is 0.361 e. The lowest BCUT2D eigenvalue weighted by Gasteiger charge is -2.30. The summed E-state index contributed by atoms with van der Waals surface area (Å²) in [7, 11) is 6.59. The number of rotatable bonds is 7. The van der Waals surface area contributed by atoms with Gasteiger partial charge in [0.25, 0.3) is 0 Å². The molecule has 180 valence electrons. The van der Waals surface area contributed by atoms with Gasteiger partial charge in [-0.3, -0.25) is 0 Å². The number of likely N-dealkylation sites (tertiary alicyclic amines) is 1. The van der Waals surface area contributed by atoms with Crippen molar-refractivity contribution in [2.24, 2.45) is 5.92 Å². The average molecular weight is 462 g/mol. The summed E-state index contributed by atoms with van der Waals surface area (Å²) in [5, 5.41) is 1.24. The molecule has 1 saturated heterocycles. The van der Waals surface area contributed by atoms with Gasteiger partial charge in [-0.15, -0.1) is 0 Å². The van der Waals surface area contributed by atoms with Crippen molar-refractivity contribution >= 4 is 21.9 Å². The van der Waals surface area contributed by atoms with Crippen LogP contribution < -0.4 is 0 Å². The minimum atomic E-state index is -0.219. The topological polar surface area (TPSA) is 51.0 Å². The fourth-order valence-electron chi connectivity index (χ4n) is 5.53. The van der Waals surface area contributed by atoms with Crippen molar-refractivity contribution in [2.45, 2.75) is 45.1 Å². The van der Waals surface area contributed by atoms with Gasteiger partial charge in [0.05, 0.1) is 11.0 Å². The monoisotopic (exact) mass is 461 g/mol. The van der Waals surface area contributed by atoms with E-state index in [0.29, 0.717) is 17.1 Å². The Balaban J connectivity index is 1.39. The van der Waals surface area contributed by atoms with Crippen LogP contribution in [0, 0.1) is 18.7 Å². The van der Waals surface area contributed by atoms with E-state index in [2.05, 4.69) is 65.3 Å². The fraction of sp³-hybridized carbons (Fsp3) is 0.464. The number of aromatic amines is 2. The zero-order chi connectivity index (χ0) is 23.8. The molecule has 2 aromatic carbocycles. The van der Waals surface area contributed by atoms with Crippen molar-refractivity contribution in [2.75, 3.05) is 34.2 Å². The molecule has 5 rings (SSSR count). The Bertz CT molecular complexity index is 1280. The van der Waals surface area contributed by atoms with Crippen LogP contribution >= 0.6 is 0 Å². The number of hydrogen-bond acceptors (Lipinski definition) is 3. The minimum absolute atomic E-state index is 0.219. The van der Waals surface area contributed by atoms with E-state index in [1.165, 1.54) is 55.8 Å². The molecule has 3 heterocycles. The number of halogens is 1. The van der Waals surface area contributed by atoms with Gasteiger partial charge in [0, 0.05) is 34.3 Å². The van der Waals surface area contributed by atoms with E-state index in [4.69, 9.17) is 4.98 Å². The van der Waals surface area contributed by atoms with Crippen molar-refractivity contribution in [3.8, 4) is 11.4 Å². The van der Waals surface area contributed by atoms with Crippen LogP contribution in [0.5, 0.6) is 0 Å². The van der Waals surface area contributed by atoms with Crippen LogP contribution in [-0.4, -0.2) is 59.0 Å².